The zero-order valence-corrected chi connectivity index (χ0v) is 40.1. The Kier molecular flexibility index (Phi) is 8.53. The van der Waals surface area contributed by atoms with Gasteiger partial charge in [-0.1, -0.05) is 208 Å². The molecular formula is C68H45NOS. The molecule has 2 aromatic heterocycles. The van der Waals surface area contributed by atoms with Crippen LogP contribution in [0.2, 0.25) is 0 Å². The fraction of sp³-hybridized carbons (Fsp3) is 0.0588. The number of para-hydroxylation sites is 2. The molecule has 0 amide bonds. The first-order valence-electron chi connectivity index (χ1n) is 24.7. The third kappa shape index (κ3) is 5.58. The minimum atomic E-state index is -0.411. The molecule has 0 bridgehead atoms. The highest BCUT2D eigenvalue weighted by atomic mass is 32.1. The maximum atomic E-state index is 6.52. The number of thiophene rings is 1. The molecule has 3 heteroatoms. The molecule has 0 atom stereocenters. The second-order valence-electron chi connectivity index (χ2n) is 19.9. The Balaban J connectivity index is 0.909. The van der Waals surface area contributed by atoms with Gasteiger partial charge in [0.25, 0.3) is 0 Å². The average Bonchev–Trinajstić information content (AvgIpc) is 4.21. The van der Waals surface area contributed by atoms with Crippen LogP contribution < -0.4 is 4.90 Å². The molecule has 0 radical (unpaired) electrons. The van der Waals surface area contributed by atoms with Crippen LogP contribution in [0.25, 0.3) is 88.0 Å². The van der Waals surface area contributed by atoms with Gasteiger partial charge in [-0.25, -0.2) is 0 Å². The van der Waals surface area contributed by atoms with Gasteiger partial charge in [0.2, 0.25) is 0 Å². The highest BCUT2D eigenvalue weighted by molar-refractivity contribution is 7.17. The molecule has 3 aliphatic carbocycles. The molecule has 2 nitrogen and oxygen atoms in total. The molecule has 12 aromatic rings. The van der Waals surface area contributed by atoms with E-state index >= 15 is 0 Å². The average molecular weight is 924 g/mol. The largest absolute Gasteiger partial charge is 0.455 e. The van der Waals surface area contributed by atoms with Crippen molar-refractivity contribution in [1.82, 2.24) is 0 Å². The van der Waals surface area contributed by atoms with Crippen LogP contribution in [0.15, 0.2) is 241 Å². The van der Waals surface area contributed by atoms with Crippen molar-refractivity contribution in [2.45, 2.75) is 24.7 Å². The number of rotatable bonds is 6. The Hall–Kier alpha value is -8.50. The van der Waals surface area contributed by atoms with Gasteiger partial charge in [0.05, 0.1) is 5.41 Å². The van der Waals surface area contributed by atoms with E-state index in [1.807, 2.05) is 17.4 Å². The molecule has 0 N–H and O–H groups in total. The van der Waals surface area contributed by atoms with Crippen molar-refractivity contribution in [3.63, 3.8) is 0 Å². The number of furan rings is 1. The van der Waals surface area contributed by atoms with E-state index in [1.165, 1.54) is 87.6 Å². The number of hydrogen-bond acceptors (Lipinski definition) is 3. The molecule has 0 saturated carbocycles. The molecular weight excluding hydrogens is 879 g/mol. The monoisotopic (exact) mass is 923 g/mol. The number of nitrogens with zero attached hydrogens (tertiary/aromatic N) is 1. The predicted molar refractivity (Wildman–Crippen MR) is 296 cm³/mol. The maximum Gasteiger partial charge on any atom is 0.143 e. The summed E-state index contributed by atoms with van der Waals surface area (Å²) in [6.07, 6.45) is 0. The molecule has 15 rings (SSSR count). The van der Waals surface area contributed by atoms with Crippen molar-refractivity contribution in [2.75, 3.05) is 4.90 Å². The van der Waals surface area contributed by atoms with Crippen LogP contribution in [-0.2, 0) is 10.8 Å². The molecule has 1 spiro atoms. The van der Waals surface area contributed by atoms with Gasteiger partial charge in [-0.05, 0) is 115 Å². The van der Waals surface area contributed by atoms with E-state index < -0.39 is 5.41 Å². The Morgan fingerprint density at radius 1 is 0.366 bits per heavy atom. The highest BCUT2D eigenvalue weighted by Crippen LogP contribution is 2.67. The third-order valence-corrected chi connectivity index (χ3v) is 17.3. The lowest BCUT2D eigenvalue weighted by molar-refractivity contribution is 0.660. The van der Waals surface area contributed by atoms with Gasteiger partial charge in [0.15, 0.2) is 0 Å². The molecule has 0 aliphatic heterocycles. The Morgan fingerprint density at radius 2 is 0.873 bits per heavy atom. The van der Waals surface area contributed by atoms with Crippen molar-refractivity contribution < 1.29 is 4.42 Å². The number of fused-ring (bicyclic) bond motifs is 16. The molecule has 0 saturated heterocycles. The van der Waals surface area contributed by atoms with Gasteiger partial charge in [-0.3, -0.25) is 0 Å². The third-order valence-electron chi connectivity index (χ3n) is 15.9. The van der Waals surface area contributed by atoms with E-state index in [-0.39, 0.29) is 5.41 Å². The predicted octanol–water partition coefficient (Wildman–Crippen LogP) is 18.8. The summed E-state index contributed by atoms with van der Waals surface area (Å²) in [5.74, 6) is 0. The highest BCUT2D eigenvalue weighted by Gasteiger charge is 2.54. The second kappa shape index (κ2) is 15.0. The van der Waals surface area contributed by atoms with Gasteiger partial charge in [-0.15, -0.1) is 11.3 Å². The second-order valence-corrected chi connectivity index (χ2v) is 20.9. The normalized spacial score (nSPS) is 14.0. The van der Waals surface area contributed by atoms with Crippen LogP contribution in [0.3, 0.4) is 0 Å². The molecule has 71 heavy (non-hydrogen) atoms. The molecule has 3 aliphatic rings. The zero-order valence-electron chi connectivity index (χ0n) is 39.3. The van der Waals surface area contributed by atoms with Crippen molar-refractivity contribution in [1.29, 1.82) is 0 Å². The summed E-state index contributed by atoms with van der Waals surface area (Å²) in [6, 6.07) is 87.6. The molecule has 334 valence electrons. The summed E-state index contributed by atoms with van der Waals surface area (Å²) >= 11 is 1.97. The number of benzene rings is 10. The summed E-state index contributed by atoms with van der Waals surface area (Å²) in [6.45, 7) is 4.73. The van der Waals surface area contributed by atoms with Crippen LogP contribution in [0.1, 0.15) is 46.5 Å². The van der Waals surface area contributed by atoms with Crippen LogP contribution >= 0.6 is 11.3 Å². The molecule has 0 fully saturated rings. The summed E-state index contributed by atoms with van der Waals surface area (Å²) in [7, 11) is 0. The number of hydrogen-bond donors (Lipinski definition) is 0. The van der Waals surface area contributed by atoms with Crippen molar-refractivity contribution >= 4 is 50.3 Å². The van der Waals surface area contributed by atoms with E-state index in [1.54, 1.807) is 0 Å². The smallest absolute Gasteiger partial charge is 0.143 e. The number of anilines is 3. The minimum Gasteiger partial charge on any atom is -0.455 e. The van der Waals surface area contributed by atoms with Crippen LogP contribution in [0, 0.1) is 0 Å². The van der Waals surface area contributed by atoms with E-state index in [2.05, 4.69) is 249 Å². The minimum absolute atomic E-state index is 0.145. The summed E-state index contributed by atoms with van der Waals surface area (Å²) in [5, 5.41) is 2.27. The van der Waals surface area contributed by atoms with Crippen molar-refractivity contribution in [3.05, 3.63) is 269 Å². The summed E-state index contributed by atoms with van der Waals surface area (Å²) < 4.78 is 6.52. The standard InChI is InChI=1S/C68H45NOS/c1-67(2)56-26-11-6-19-49(56)52-40-39-47(41-60(52)67)69(45-35-31-42(32-36-45)48-24-16-25-54-53-22-10-15-30-61(53)70-64(48)54)46-37-33-43(34-38-46)62-63-55-23-9-14-29-59(55)68(66(63)71-65(62)44-17-4-3-5-18-44)57-27-12-7-20-50(57)51-21-8-13-28-58(51)68/h3-41H,1-2H3. The topological polar surface area (TPSA) is 16.4 Å². The Bertz CT molecular complexity index is 4090. The SMILES string of the molecule is CC1(C)c2ccccc2-c2ccc(N(c3ccc(-c4c(-c5ccccc5)sc5c4-c4ccccc4C54c5ccccc5-c5ccccc54)cc3)c3ccc(-c4cccc5c4oc4ccccc45)cc3)cc21. The first-order chi connectivity index (χ1) is 35.0. The fourth-order valence-electron chi connectivity index (χ4n) is 12.8. The van der Waals surface area contributed by atoms with E-state index in [0.717, 1.165) is 50.1 Å². The van der Waals surface area contributed by atoms with Crippen molar-refractivity contribution in [3.8, 4) is 66.1 Å². The zero-order chi connectivity index (χ0) is 47.0. The van der Waals surface area contributed by atoms with E-state index in [0.29, 0.717) is 0 Å². The van der Waals surface area contributed by atoms with Crippen molar-refractivity contribution in [2.24, 2.45) is 0 Å². The lowest BCUT2D eigenvalue weighted by Crippen LogP contribution is -2.24. The summed E-state index contributed by atoms with van der Waals surface area (Å²) in [5.41, 5.74) is 25.3. The summed E-state index contributed by atoms with van der Waals surface area (Å²) in [4.78, 5) is 5.13. The Labute approximate surface area is 417 Å². The lowest BCUT2D eigenvalue weighted by Gasteiger charge is -2.29. The van der Waals surface area contributed by atoms with E-state index in [4.69, 9.17) is 4.42 Å². The van der Waals surface area contributed by atoms with Crippen LogP contribution in [0.4, 0.5) is 17.1 Å². The molecule has 10 aromatic carbocycles. The van der Waals surface area contributed by atoms with Gasteiger partial charge in [0.1, 0.15) is 11.2 Å². The first kappa shape index (κ1) is 40.4. The van der Waals surface area contributed by atoms with Crippen LogP contribution in [0.5, 0.6) is 0 Å². The van der Waals surface area contributed by atoms with Gasteiger partial charge in [-0.2, -0.15) is 0 Å². The molecule has 0 unspecified atom stereocenters. The van der Waals surface area contributed by atoms with Crippen LogP contribution in [-0.4, -0.2) is 0 Å². The first-order valence-corrected chi connectivity index (χ1v) is 25.5. The lowest BCUT2D eigenvalue weighted by atomic mass is 9.74. The fourth-order valence-corrected chi connectivity index (χ4v) is 14.3. The maximum absolute atomic E-state index is 6.52. The Morgan fingerprint density at radius 3 is 1.56 bits per heavy atom. The molecule has 2 heterocycles. The van der Waals surface area contributed by atoms with Gasteiger partial charge >= 0.3 is 0 Å². The van der Waals surface area contributed by atoms with Gasteiger partial charge in [0, 0.05) is 59.7 Å². The van der Waals surface area contributed by atoms with E-state index in [9.17, 15) is 0 Å². The quantitative estimate of drug-likeness (QED) is 0.165. The van der Waals surface area contributed by atoms with Gasteiger partial charge < -0.3 is 9.32 Å².